The third-order valence-corrected chi connectivity index (χ3v) is 2.92. The molecule has 1 heterocycles. The van der Waals surface area contributed by atoms with Gasteiger partial charge in [0.15, 0.2) is 0 Å². The van der Waals surface area contributed by atoms with Crippen LogP contribution in [0.4, 0.5) is 0 Å². The van der Waals surface area contributed by atoms with E-state index in [-0.39, 0.29) is 0 Å². The van der Waals surface area contributed by atoms with Crippen molar-refractivity contribution in [1.82, 2.24) is 9.55 Å². The highest BCUT2D eigenvalue weighted by Gasteiger charge is 2.00. The average molecular weight is 200 g/mol. The molecule has 0 unspecified atom stereocenters. The summed E-state index contributed by atoms with van der Waals surface area (Å²) in [6.07, 6.45) is 6.77. The highest BCUT2D eigenvalue weighted by Crippen LogP contribution is 2.13. The summed E-state index contributed by atoms with van der Waals surface area (Å²) in [7, 11) is 0. The molecule has 0 saturated carbocycles. The molecule has 2 heteroatoms. The molecule has 0 aliphatic carbocycles. The van der Waals surface area contributed by atoms with Gasteiger partial charge in [0.05, 0.1) is 6.33 Å². The van der Waals surface area contributed by atoms with Crippen LogP contribution in [0.5, 0.6) is 0 Å². The summed E-state index contributed by atoms with van der Waals surface area (Å²) in [5, 5.41) is 0. The Morgan fingerprint density at radius 1 is 1.27 bits per heavy atom. The van der Waals surface area contributed by atoms with Crippen LogP contribution in [0.25, 0.3) is 0 Å². The van der Waals surface area contributed by atoms with Crippen molar-refractivity contribution in [2.75, 3.05) is 0 Å². The Labute approximate surface area is 90.6 Å². The van der Waals surface area contributed by atoms with E-state index in [0.717, 1.165) is 13.0 Å². The Morgan fingerprint density at radius 2 is 2.13 bits per heavy atom. The molecule has 2 nitrogen and oxygen atoms in total. The Kier molecular flexibility index (Phi) is 2.86. The number of imidazole rings is 1. The highest BCUT2D eigenvalue weighted by atomic mass is 15.0. The van der Waals surface area contributed by atoms with E-state index < -0.39 is 0 Å². The Hall–Kier alpha value is -1.57. The van der Waals surface area contributed by atoms with Gasteiger partial charge >= 0.3 is 0 Å². The topological polar surface area (TPSA) is 17.8 Å². The molecule has 0 aliphatic heterocycles. The zero-order chi connectivity index (χ0) is 10.7. The van der Waals surface area contributed by atoms with Crippen LogP contribution < -0.4 is 0 Å². The average Bonchev–Trinajstić information content (AvgIpc) is 2.73. The van der Waals surface area contributed by atoms with Gasteiger partial charge in [0.25, 0.3) is 0 Å². The number of aryl methyl sites for hydroxylation is 3. The van der Waals surface area contributed by atoms with Gasteiger partial charge in [0.1, 0.15) is 0 Å². The molecule has 0 radical (unpaired) electrons. The molecule has 78 valence electrons. The van der Waals surface area contributed by atoms with Gasteiger partial charge in [0.2, 0.25) is 0 Å². The van der Waals surface area contributed by atoms with E-state index in [4.69, 9.17) is 0 Å². The van der Waals surface area contributed by atoms with Gasteiger partial charge in [-0.1, -0.05) is 18.2 Å². The number of hydrogen-bond donors (Lipinski definition) is 0. The number of rotatable bonds is 3. The molecular formula is C13H16N2. The van der Waals surface area contributed by atoms with Crippen molar-refractivity contribution in [3.05, 3.63) is 53.6 Å². The van der Waals surface area contributed by atoms with E-state index in [9.17, 15) is 0 Å². The second-order valence-electron chi connectivity index (χ2n) is 3.91. The second-order valence-corrected chi connectivity index (χ2v) is 3.91. The van der Waals surface area contributed by atoms with E-state index in [1.807, 2.05) is 18.7 Å². The molecule has 0 N–H and O–H groups in total. The number of nitrogens with zero attached hydrogens (tertiary/aromatic N) is 2. The van der Waals surface area contributed by atoms with Gasteiger partial charge in [-0.15, -0.1) is 0 Å². The van der Waals surface area contributed by atoms with Crippen molar-refractivity contribution in [2.45, 2.75) is 26.8 Å². The van der Waals surface area contributed by atoms with E-state index in [1.54, 1.807) is 0 Å². The fraction of sp³-hybridized carbons (Fsp3) is 0.308. The lowest BCUT2D eigenvalue weighted by Gasteiger charge is -2.08. The largest absolute Gasteiger partial charge is 0.337 e. The highest BCUT2D eigenvalue weighted by molar-refractivity contribution is 5.33. The zero-order valence-corrected chi connectivity index (χ0v) is 9.27. The molecule has 2 aromatic rings. The smallest absolute Gasteiger partial charge is 0.0946 e. The van der Waals surface area contributed by atoms with Crippen LogP contribution in [0.15, 0.2) is 36.9 Å². The van der Waals surface area contributed by atoms with E-state index in [0.29, 0.717) is 0 Å². The van der Waals surface area contributed by atoms with Crippen molar-refractivity contribution >= 4 is 0 Å². The lowest BCUT2D eigenvalue weighted by Crippen LogP contribution is -2.00. The van der Waals surface area contributed by atoms with E-state index in [2.05, 4.69) is 41.6 Å². The minimum absolute atomic E-state index is 1.00. The first-order valence-corrected chi connectivity index (χ1v) is 5.28. The first kappa shape index (κ1) is 9.97. The molecule has 0 spiro atoms. The van der Waals surface area contributed by atoms with Gasteiger partial charge in [-0.3, -0.25) is 0 Å². The predicted molar refractivity (Wildman–Crippen MR) is 61.8 cm³/mol. The van der Waals surface area contributed by atoms with Gasteiger partial charge in [-0.2, -0.15) is 0 Å². The van der Waals surface area contributed by atoms with Crippen LogP contribution in [-0.4, -0.2) is 9.55 Å². The van der Waals surface area contributed by atoms with Crippen molar-refractivity contribution in [3.63, 3.8) is 0 Å². The minimum Gasteiger partial charge on any atom is -0.337 e. The summed E-state index contributed by atoms with van der Waals surface area (Å²) in [6, 6.07) is 6.50. The number of aromatic nitrogens is 2. The lowest BCUT2D eigenvalue weighted by molar-refractivity contribution is 0.693. The van der Waals surface area contributed by atoms with E-state index in [1.165, 1.54) is 16.7 Å². The van der Waals surface area contributed by atoms with Crippen LogP contribution in [-0.2, 0) is 13.0 Å². The normalized spacial score (nSPS) is 10.5. The Morgan fingerprint density at radius 3 is 2.87 bits per heavy atom. The van der Waals surface area contributed by atoms with Crippen molar-refractivity contribution in [1.29, 1.82) is 0 Å². The summed E-state index contributed by atoms with van der Waals surface area (Å²) in [5.41, 5.74) is 4.22. The molecule has 0 saturated heterocycles. The molecule has 15 heavy (non-hydrogen) atoms. The van der Waals surface area contributed by atoms with Gasteiger partial charge < -0.3 is 4.57 Å². The number of hydrogen-bond acceptors (Lipinski definition) is 1. The molecule has 1 aromatic heterocycles. The molecule has 1 aromatic carbocycles. The third kappa shape index (κ3) is 2.27. The number of benzene rings is 1. The predicted octanol–water partition coefficient (Wildman–Crippen LogP) is 2.74. The quantitative estimate of drug-likeness (QED) is 0.745. The molecule has 0 aliphatic rings. The third-order valence-electron chi connectivity index (χ3n) is 2.92. The first-order valence-electron chi connectivity index (χ1n) is 5.28. The summed E-state index contributed by atoms with van der Waals surface area (Å²) < 4.78 is 2.11. The molecule has 0 fully saturated rings. The lowest BCUT2D eigenvalue weighted by atomic mass is 10.0. The summed E-state index contributed by atoms with van der Waals surface area (Å²) in [4.78, 5) is 4.04. The van der Waals surface area contributed by atoms with Crippen LogP contribution in [0.1, 0.15) is 16.7 Å². The van der Waals surface area contributed by atoms with Gasteiger partial charge in [-0.25, -0.2) is 4.98 Å². The fourth-order valence-electron chi connectivity index (χ4n) is 1.75. The van der Waals surface area contributed by atoms with Crippen molar-refractivity contribution in [2.24, 2.45) is 0 Å². The Bertz CT molecular complexity index is 430. The molecule has 2 rings (SSSR count). The summed E-state index contributed by atoms with van der Waals surface area (Å²) in [6.45, 7) is 5.36. The molecule has 0 amide bonds. The first-order chi connectivity index (χ1) is 7.27. The van der Waals surface area contributed by atoms with E-state index >= 15 is 0 Å². The van der Waals surface area contributed by atoms with Crippen LogP contribution in [0.3, 0.4) is 0 Å². The summed E-state index contributed by atoms with van der Waals surface area (Å²) in [5.74, 6) is 0. The SMILES string of the molecule is Cc1cccc(CCn2ccnc2)c1C. The van der Waals surface area contributed by atoms with Crippen LogP contribution in [0, 0.1) is 13.8 Å². The maximum absolute atomic E-state index is 4.04. The maximum Gasteiger partial charge on any atom is 0.0946 e. The van der Waals surface area contributed by atoms with Crippen molar-refractivity contribution in [3.8, 4) is 0 Å². The maximum atomic E-state index is 4.04. The zero-order valence-electron chi connectivity index (χ0n) is 9.27. The van der Waals surface area contributed by atoms with Gasteiger partial charge in [-0.05, 0) is 37.0 Å². The molecular weight excluding hydrogens is 184 g/mol. The monoisotopic (exact) mass is 200 g/mol. The summed E-state index contributed by atoms with van der Waals surface area (Å²) >= 11 is 0. The van der Waals surface area contributed by atoms with Gasteiger partial charge in [0, 0.05) is 18.9 Å². The minimum atomic E-state index is 1.00. The van der Waals surface area contributed by atoms with Crippen LogP contribution >= 0.6 is 0 Å². The Balaban J connectivity index is 2.08. The standard InChI is InChI=1S/C13H16N2/c1-11-4-3-5-13(12(11)2)6-8-15-9-7-14-10-15/h3-5,7,9-10H,6,8H2,1-2H3. The fourth-order valence-corrected chi connectivity index (χ4v) is 1.75. The van der Waals surface area contributed by atoms with Crippen molar-refractivity contribution < 1.29 is 0 Å². The molecule has 0 atom stereocenters. The second kappa shape index (κ2) is 4.30. The van der Waals surface area contributed by atoms with Crippen LogP contribution in [0.2, 0.25) is 0 Å². The molecule has 0 bridgehead atoms.